The van der Waals surface area contributed by atoms with Crippen molar-refractivity contribution in [1.82, 2.24) is 20.0 Å². The summed E-state index contributed by atoms with van der Waals surface area (Å²) >= 11 is 0. The predicted molar refractivity (Wildman–Crippen MR) is 77.3 cm³/mol. The molecule has 0 aromatic carbocycles. The number of amides is 1. The van der Waals surface area contributed by atoms with Gasteiger partial charge in [0.15, 0.2) is 0 Å². The average Bonchev–Trinajstić information content (AvgIpc) is 3.02. The molecule has 0 aliphatic carbocycles. The van der Waals surface area contributed by atoms with E-state index < -0.39 is 5.54 Å². The number of hydrogen-bond acceptors (Lipinski definition) is 3. The van der Waals surface area contributed by atoms with Gasteiger partial charge in [0.05, 0.1) is 0 Å². The topological polar surface area (TPSA) is 50.2 Å². The first kappa shape index (κ1) is 13.6. The van der Waals surface area contributed by atoms with E-state index in [2.05, 4.69) is 22.2 Å². The van der Waals surface area contributed by atoms with Gasteiger partial charge >= 0.3 is 0 Å². The van der Waals surface area contributed by atoms with Gasteiger partial charge in [0.25, 0.3) is 5.91 Å². The summed E-state index contributed by atoms with van der Waals surface area (Å²) < 4.78 is 1.90. The number of nitrogens with zero attached hydrogens (tertiary/aromatic N) is 3. The number of hydrogen-bond donors (Lipinski definition) is 1. The van der Waals surface area contributed by atoms with Gasteiger partial charge in [0.1, 0.15) is 5.54 Å². The van der Waals surface area contributed by atoms with Crippen molar-refractivity contribution >= 4 is 5.91 Å². The third-order valence-corrected chi connectivity index (χ3v) is 4.84. The van der Waals surface area contributed by atoms with E-state index in [1.54, 1.807) is 6.20 Å². The van der Waals surface area contributed by atoms with Crippen LogP contribution in [-0.2, 0) is 10.3 Å². The first-order valence-corrected chi connectivity index (χ1v) is 7.76. The molecule has 3 heterocycles. The summed E-state index contributed by atoms with van der Waals surface area (Å²) in [5, 5.41) is 7.75. The number of piperidine rings is 2. The number of aromatic nitrogens is 2. The Kier molecular flexibility index (Phi) is 3.78. The zero-order valence-electron chi connectivity index (χ0n) is 12.2. The Bertz CT molecular complexity index is 450. The molecule has 2 aliphatic rings. The van der Waals surface area contributed by atoms with Crippen LogP contribution in [0.5, 0.6) is 0 Å². The first-order valence-electron chi connectivity index (χ1n) is 7.76. The molecule has 2 saturated heterocycles. The van der Waals surface area contributed by atoms with Crippen molar-refractivity contribution < 1.29 is 4.79 Å². The van der Waals surface area contributed by atoms with Gasteiger partial charge < -0.3 is 10.2 Å². The smallest absolute Gasteiger partial charge is 0.250 e. The second-order valence-corrected chi connectivity index (χ2v) is 6.08. The molecule has 5 heteroatoms. The second kappa shape index (κ2) is 5.56. The molecular weight excluding hydrogens is 252 g/mol. The molecule has 1 N–H and O–H groups in total. The Labute approximate surface area is 120 Å². The molecule has 1 aromatic heterocycles. The highest BCUT2D eigenvalue weighted by Gasteiger charge is 2.45. The van der Waals surface area contributed by atoms with Crippen LogP contribution >= 0.6 is 0 Å². The predicted octanol–water partition coefficient (Wildman–Crippen LogP) is 1.36. The third kappa shape index (κ3) is 2.24. The molecule has 2 fully saturated rings. The molecule has 1 unspecified atom stereocenters. The quantitative estimate of drug-likeness (QED) is 0.887. The molecular formula is C15H24N4O. The second-order valence-electron chi connectivity index (χ2n) is 6.08. The Morgan fingerprint density at radius 1 is 1.35 bits per heavy atom. The minimum absolute atomic E-state index is 0.273. The van der Waals surface area contributed by atoms with Gasteiger partial charge in [-0.1, -0.05) is 0 Å². The highest BCUT2D eigenvalue weighted by atomic mass is 16.2. The Balaban J connectivity index is 1.91. The van der Waals surface area contributed by atoms with Gasteiger partial charge in [0, 0.05) is 25.0 Å². The Hall–Kier alpha value is -1.36. The summed E-state index contributed by atoms with van der Waals surface area (Å²) in [6.45, 7) is 4.84. The number of carbonyl (C=O) groups is 1. The van der Waals surface area contributed by atoms with Crippen LogP contribution in [0.15, 0.2) is 18.5 Å². The fourth-order valence-corrected chi connectivity index (χ4v) is 3.57. The van der Waals surface area contributed by atoms with Gasteiger partial charge in [-0.2, -0.15) is 5.10 Å². The molecule has 0 bridgehead atoms. The highest BCUT2D eigenvalue weighted by molar-refractivity contribution is 5.85. The van der Waals surface area contributed by atoms with Crippen molar-refractivity contribution in [2.24, 2.45) is 0 Å². The number of rotatable bonds is 2. The van der Waals surface area contributed by atoms with Crippen LogP contribution in [0.4, 0.5) is 0 Å². The van der Waals surface area contributed by atoms with Crippen molar-refractivity contribution in [3.8, 4) is 0 Å². The van der Waals surface area contributed by atoms with E-state index in [1.807, 2.05) is 16.9 Å². The summed E-state index contributed by atoms with van der Waals surface area (Å²) in [6.07, 6.45) is 8.87. The van der Waals surface area contributed by atoms with E-state index in [0.29, 0.717) is 6.04 Å². The Morgan fingerprint density at radius 3 is 2.80 bits per heavy atom. The maximum absolute atomic E-state index is 13.2. The van der Waals surface area contributed by atoms with Crippen LogP contribution in [0, 0.1) is 0 Å². The van der Waals surface area contributed by atoms with Crippen molar-refractivity contribution in [3.63, 3.8) is 0 Å². The molecule has 0 spiro atoms. The van der Waals surface area contributed by atoms with E-state index in [-0.39, 0.29) is 5.91 Å². The zero-order chi connectivity index (χ0) is 14.0. The normalized spacial score (nSPS) is 26.4. The molecule has 1 aromatic rings. The maximum Gasteiger partial charge on any atom is 0.250 e. The van der Waals surface area contributed by atoms with Gasteiger partial charge in [-0.15, -0.1) is 0 Å². The van der Waals surface area contributed by atoms with E-state index in [4.69, 9.17) is 0 Å². The van der Waals surface area contributed by atoms with Crippen LogP contribution < -0.4 is 5.32 Å². The highest BCUT2D eigenvalue weighted by Crippen LogP contribution is 2.32. The lowest BCUT2D eigenvalue weighted by Crippen LogP contribution is -2.58. The van der Waals surface area contributed by atoms with E-state index in [0.717, 1.165) is 45.3 Å². The van der Waals surface area contributed by atoms with Crippen molar-refractivity contribution in [2.45, 2.75) is 50.6 Å². The molecule has 2 aliphatic heterocycles. The largest absolute Gasteiger partial charge is 0.338 e. The maximum atomic E-state index is 13.2. The molecule has 0 radical (unpaired) electrons. The fourth-order valence-electron chi connectivity index (χ4n) is 3.57. The number of likely N-dealkylation sites (tertiary alicyclic amines) is 1. The summed E-state index contributed by atoms with van der Waals surface area (Å²) in [5.74, 6) is 0.273. The first-order chi connectivity index (χ1) is 9.74. The van der Waals surface area contributed by atoms with Crippen LogP contribution in [0.25, 0.3) is 0 Å². The van der Waals surface area contributed by atoms with E-state index in [9.17, 15) is 4.79 Å². The number of carbonyl (C=O) groups excluding carboxylic acids is 1. The van der Waals surface area contributed by atoms with Crippen LogP contribution in [0.1, 0.15) is 39.0 Å². The average molecular weight is 276 g/mol. The van der Waals surface area contributed by atoms with Crippen LogP contribution in [0.3, 0.4) is 0 Å². The molecule has 5 nitrogen and oxygen atoms in total. The molecule has 3 rings (SSSR count). The minimum Gasteiger partial charge on any atom is -0.338 e. The third-order valence-electron chi connectivity index (χ3n) is 4.84. The lowest BCUT2D eigenvalue weighted by atomic mass is 9.85. The van der Waals surface area contributed by atoms with Crippen molar-refractivity contribution in [1.29, 1.82) is 0 Å². The zero-order valence-corrected chi connectivity index (χ0v) is 12.2. The van der Waals surface area contributed by atoms with Crippen molar-refractivity contribution in [2.75, 3.05) is 19.6 Å². The van der Waals surface area contributed by atoms with Crippen LogP contribution in [-0.4, -0.2) is 46.3 Å². The monoisotopic (exact) mass is 276 g/mol. The lowest BCUT2D eigenvalue weighted by Gasteiger charge is -2.43. The van der Waals surface area contributed by atoms with Gasteiger partial charge in [-0.25, -0.2) is 0 Å². The van der Waals surface area contributed by atoms with Crippen molar-refractivity contribution in [3.05, 3.63) is 18.5 Å². The summed E-state index contributed by atoms with van der Waals surface area (Å²) in [4.78, 5) is 15.3. The van der Waals surface area contributed by atoms with Gasteiger partial charge in [0.2, 0.25) is 0 Å². The van der Waals surface area contributed by atoms with Gasteiger partial charge in [-0.3, -0.25) is 9.48 Å². The fraction of sp³-hybridized carbons (Fsp3) is 0.733. The molecule has 20 heavy (non-hydrogen) atoms. The standard InChI is InChI=1S/C15H24N4O/c1-13-5-2-3-11-18(13)14(20)15(6-9-16-10-7-15)19-12-4-8-17-19/h4,8,12-13,16H,2-3,5-7,9-11H2,1H3. The summed E-state index contributed by atoms with van der Waals surface area (Å²) in [5.41, 5.74) is -0.472. The van der Waals surface area contributed by atoms with Gasteiger partial charge in [-0.05, 0) is 58.2 Å². The van der Waals surface area contributed by atoms with E-state index in [1.165, 1.54) is 6.42 Å². The molecule has 0 saturated carbocycles. The van der Waals surface area contributed by atoms with Crippen LogP contribution in [0.2, 0.25) is 0 Å². The SMILES string of the molecule is CC1CCCCN1C(=O)C1(n2cccn2)CCNCC1. The number of nitrogens with one attached hydrogen (secondary N) is 1. The van der Waals surface area contributed by atoms with E-state index >= 15 is 0 Å². The lowest BCUT2D eigenvalue weighted by molar-refractivity contribution is -0.146. The minimum atomic E-state index is -0.472. The summed E-state index contributed by atoms with van der Waals surface area (Å²) in [6, 6.07) is 2.27. The molecule has 1 atom stereocenters. The molecule has 1 amide bonds. The summed E-state index contributed by atoms with van der Waals surface area (Å²) in [7, 11) is 0. The Morgan fingerprint density at radius 2 is 2.15 bits per heavy atom. The molecule has 110 valence electrons.